The molecule has 3 rings (SSSR count). The number of rotatable bonds is 13. The Morgan fingerprint density at radius 2 is 1.88 bits per heavy atom. The van der Waals surface area contributed by atoms with Crippen molar-refractivity contribution in [3.63, 3.8) is 0 Å². The minimum absolute atomic E-state index is 0.230. The van der Waals surface area contributed by atoms with Crippen molar-refractivity contribution in [1.29, 1.82) is 0 Å². The van der Waals surface area contributed by atoms with Crippen molar-refractivity contribution in [3.8, 4) is 23.0 Å². The lowest BCUT2D eigenvalue weighted by Crippen LogP contribution is -2.26. The number of nitrogens with zero attached hydrogens (tertiary/aromatic N) is 1. The van der Waals surface area contributed by atoms with Gasteiger partial charge in [-0.25, -0.2) is 9.78 Å². The van der Waals surface area contributed by atoms with E-state index >= 15 is 0 Å². The second kappa shape index (κ2) is 12.1. The topological polar surface area (TPSA) is 91.0 Å². The van der Waals surface area contributed by atoms with Gasteiger partial charge >= 0.3 is 5.97 Å². The van der Waals surface area contributed by atoms with E-state index in [1.54, 1.807) is 13.0 Å². The molecule has 1 N–H and O–H groups in total. The van der Waals surface area contributed by atoms with Gasteiger partial charge in [0.15, 0.2) is 6.10 Å². The van der Waals surface area contributed by atoms with Crippen LogP contribution in [0.2, 0.25) is 0 Å². The molecule has 7 heteroatoms. The summed E-state index contributed by atoms with van der Waals surface area (Å²) in [6, 6.07) is 15.3. The quantitative estimate of drug-likeness (QED) is 0.360. The highest BCUT2D eigenvalue weighted by Crippen LogP contribution is 2.27. The molecule has 0 saturated heterocycles. The fraction of sp³-hybridized carbons (Fsp3) is 0.385. The van der Waals surface area contributed by atoms with Crippen LogP contribution in [0.5, 0.6) is 11.5 Å². The van der Waals surface area contributed by atoms with E-state index in [0.717, 1.165) is 35.4 Å². The number of ether oxygens (including phenoxy) is 3. The second-order valence-electron chi connectivity index (χ2n) is 7.53. The maximum Gasteiger partial charge on any atom is 0.333 e. The first kappa shape index (κ1) is 24.3. The second-order valence-corrected chi connectivity index (χ2v) is 7.53. The van der Waals surface area contributed by atoms with Crippen molar-refractivity contribution in [1.82, 2.24) is 4.98 Å². The van der Waals surface area contributed by atoms with Crippen LogP contribution < -0.4 is 9.47 Å². The van der Waals surface area contributed by atoms with Gasteiger partial charge in [0.2, 0.25) is 5.89 Å². The van der Waals surface area contributed by atoms with E-state index in [0.29, 0.717) is 37.2 Å². The first-order valence-corrected chi connectivity index (χ1v) is 11.3. The van der Waals surface area contributed by atoms with Crippen molar-refractivity contribution in [3.05, 3.63) is 65.5 Å². The summed E-state index contributed by atoms with van der Waals surface area (Å²) in [5.41, 5.74) is 2.66. The van der Waals surface area contributed by atoms with Crippen LogP contribution in [0, 0.1) is 6.92 Å². The van der Waals surface area contributed by atoms with E-state index in [2.05, 4.69) is 4.98 Å². The Hall–Kier alpha value is -3.32. The molecule has 0 amide bonds. The Kier molecular flexibility index (Phi) is 8.89. The number of carboxylic acid groups (broad SMARTS) is 1. The summed E-state index contributed by atoms with van der Waals surface area (Å²) in [5.74, 6) is 1.75. The summed E-state index contributed by atoms with van der Waals surface area (Å²) < 4.78 is 22.8. The van der Waals surface area contributed by atoms with E-state index in [4.69, 9.17) is 18.6 Å². The first-order chi connectivity index (χ1) is 16.0. The third-order valence-electron chi connectivity index (χ3n) is 5.13. The van der Waals surface area contributed by atoms with Crippen LogP contribution in [-0.2, 0) is 22.4 Å². The summed E-state index contributed by atoms with van der Waals surface area (Å²) >= 11 is 0. The standard InChI is InChI=1S/C26H31NO6/c1-4-30-23-17-21(14-13-20(23)16-24(26(28)29)31-5-2)32-15-9-12-22-18(3)33-25(27-22)19-10-7-6-8-11-19/h6-8,10-11,13-14,17,24H,4-5,9,12,15-16H2,1-3H3,(H,28,29). The molecule has 33 heavy (non-hydrogen) atoms. The van der Waals surface area contributed by atoms with Crippen LogP contribution in [-0.4, -0.2) is 42.0 Å². The number of aliphatic carboxylic acids is 1. The summed E-state index contributed by atoms with van der Waals surface area (Å²) in [4.78, 5) is 16.1. The average Bonchev–Trinajstić information content (AvgIpc) is 3.19. The van der Waals surface area contributed by atoms with Gasteiger partial charge in [0.05, 0.1) is 18.9 Å². The zero-order chi connectivity index (χ0) is 23.6. The molecule has 0 aliphatic rings. The zero-order valence-corrected chi connectivity index (χ0v) is 19.4. The Morgan fingerprint density at radius 1 is 1.09 bits per heavy atom. The van der Waals surface area contributed by atoms with Crippen LogP contribution in [0.15, 0.2) is 52.9 Å². The number of oxazole rings is 1. The number of benzene rings is 2. The maximum absolute atomic E-state index is 11.4. The summed E-state index contributed by atoms with van der Waals surface area (Å²) in [5, 5.41) is 9.36. The highest BCUT2D eigenvalue weighted by Gasteiger charge is 2.20. The van der Waals surface area contributed by atoms with E-state index in [1.165, 1.54) is 0 Å². The molecule has 3 aromatic rings. The van der Waals surface area contributed by atoms with Crippen LogP contribution in [0.3, 0.4) is 0 Å². The lowest BCUT2D eigenvalue weighted by atomic mass is 10.1. The molecule has 0 spiro atoms. The van der Waals surface area contributed by atoms with Crippen LogP contribution >= 0.6 is 0 Å². The van der Waals surface area contributed by atoms with E-state index < -0.39 is 12.1 Å². The molecule has 0 saturated carbocycles. The maximum atomic E-state index is 11.4. The molecule has 1 unspecified atom stereocenters. The third kappa shape index (κ3) is 6.83. The number of hydrogen-bond acceptors (Lipinski definition) is 6. The van der Waals surface area contributed by atoms with Crippen LogP contribution in [0.25, 0.3) is 11.5 Å². The highest BCUT2D eigenvalue weighted by atomic mass is 16.5. The van der Waals surface area contributed by atoms with Crippen LogP contribution in [0.1, 0.15) is 37.3 Å². The van der Waals surface area contributed by atoms with Crippen molar-refractivity contribution in [2.75, 3.05) is 19.8 Å². The van der Waals surface area contributed by atoms with Gasteiger partial charge in [-0.2, -0.15) is 0 Å². The smallest absolute Gasteiger partial charge is 0.333 e. The molecule has 0 radical (unpaired) electrons. The van der Waals surface area contributed by atoms with Crippen LogP contribution in [0.4, 0.5) is 0 Å². The SMILES string of the molecule is CCOc1cc(OCCCc2nc(-c3ccccc3)oc2C)ccc1CC(OCC)C(=O)O. The van der Waals surface area contributed by atoms with Crippen molar-refractivity contribution in [2.24, 2.45) is 0 Å². The molecule has 0 aliphatic carbocycles. The van der Waals surface area contributed by atoms with Gasteiger partial charge in [0, 0.05) is 24.7 Å². The molecule has 0 fully saturated rings. The minimum Gasteiger partial charge on any atom is -0.493 e. The molecule has 1 atom stereocenters. The normalized spacial score (nSPS) is 11.8. The number of carboxylic acids is 1. The van der Waals surface area contributed by atoms with Gasteiger partial charge in [0.1, 0.15) is 17.3 Å². The Labute approximate surface area is 194 Å². The monoisotopic (exact) mass is 453 g/mol. The van der Waals surface area contributed by atoms with Gasteiger partial charge in [-0.3, -0.25) is 0 Å². The Bertz CT molecular complexity index is 1030. The molecule has 2 aromatic carbocycles. The molecule has 1 heterocycles. The Morgan fingerprint density at radius 3 is 2.58 bits per heavy atom. The summed E-state index contributed by atoms with van der Waals surface area (Å²) in [7, 11) is 0. The van der Waals surface area contributed by atoms with Crippen molar-refractivity contribution >= 4 is 5.97 Å². The van der Waals surface area contributed by atoms with Crippen molar-refractivity contribution < 1.29 is 28.5 Å². The highest BCUT2D eigenvalue weighted by molar-refractivity contribution is 5.73. The van der Waals surface area contributed by atoms with Gasteiger partial charge < -0.3 is 23.7 Å². The molecular formula is C26H31NO6. The van der Waals surface area contributed by atoms with E-state index in [1.807, 2.05) is 56.3 Å². The fourth-order valence-electron chi connectivity index (χ4n) is 3.50. The van der Waals surface area contributed by atoms with Gasteiger partial charge in [-0.05, 0) is 57.4 Å². The molecule has 7 nitrogen and oxygen atoms in total. The predicted octanol–water partition coefficient (Wildman–Crippen LogP) is 5.09. The predicted molar refractivity (Wildman–Crippen MR) is 125 cm³/mol. The molecule has 1 aromatic heterocycles. The third-order valence-corrected chi connectivity index (χ3v) is 5.13. The van der Waals surface area contributed by atoms with E-state index in [9.17, 15) is 9.90 Å². The lowest BCUT2D eigenvalue weighted by molar-refractivity contribution is -0.149. The fourth-order valence-corrected chi connectivity index (χ4v) is 3.50. The largest absolute Gasteiger partial charge is 0.493 e. The number of aryl methyl sites for hydroxylation is 2. The summed E-state index contributed by atoms with van der Waals surface area (Å²) in [6.45, 7) is 6.90. The lowest BCUT2D eigenvalue weighted by Gasteiger charge is -2.16. The van der Waals surface area contributed by atoms with E-state index in [-0.39, 0.29) is 6.42 Å². The Balaban J connectivity index is 1.57. The number of carbonyl (C=O) groups is 1. The summed E-state index contributed by atoms with van der Waals surface area (Å²) in [6.07, 6.45) is 0.840. The van der Waals surface area contributed by atoms with Gasteiger partial charge in [-0.1, -0.05) is 24.3 Å². The number of hydrogen-bond donors (Lipinski definition) is 1. The average molecular weight is 454 g/mol. The molecular weight excluding hydrogens is 422 g/mol. The van der Waals surface area contributed by atoms with Gasteiger partial charge in [-0.15, -0.1) is 0 Å². The molecule has 176 valence electrons. The van der Waals surface area contributed by atoms with Gasteiger partial charge in [0.25, 0.3) is 0 Å². The number of aromatic nitrogens is 1. The molecule has 0 aliphatic heterocycles. The zero-order valence-electron chi connectivity index (χ0n) is 19.4. The van der Waals surface area contributed by atoms with Crippen molar-refractivity contribution in [2.45, 2.75) is 46.1 Å². The molecule has 0 bridgehead atoms. The first-order valence-electron chi connectivity index (χ1n) is 11.3. The minimum atomic E-state index is -0.988.